The lowest BCUT2D eigenvalue weighted by Crippen LogP contribution is -2.42. The van der Waals surface area contributed by atoms with Crippen molar-refractivity contribution in [2.45, 2.75) is 26.7 Å². The third kappa shape index (κ3) is 4.15. The van der Waals surface area contributed by atoms with Crippen molar-refractivity contribution in [2.75, 3.05) is 26.3 Å². The Kier molecular flexibility index (Phi) is 5.84. The zero-order valence-corrected chi connectivity index (χ0v) is 13.6. The molecular formula is C17H23NO5. The van der Waals surface area contributed by atoms with Gasteiger partial charge in [-0.2, -0.15) is 0 Å². The van der Waals surface area contributed by atoms with Crippen molar-refractivity contribution in [3.8, 4) is 11.5 Å². The van der Waals surface area contributed by atoms with Crippen LogP contribution >= 0.6 is 0 Å². The number of piperidine rings is 1. The van der Waals surface area contributed by atoms with Crippen LogP contribution in [0, 0.1) is 5.92 Å². The summed E-state index contributed by atoms with van der Waals surface area (Å²) in [6.07, 6.45) is 1.32. The molecule has 0 radical (unpaired) electrons. The van der Waals surface area contributed by atoms with Gasteiger partial charge in [0.2, 0.25) is 0 Å². The summed E-state index contributed by atoms with van der Waals surface area (Å²) in [4.78, 5) is 25.4. The Morgan fingerprint density at radius 1 is 1.22 bits per heavy atom. The summed E-state index contributed by atoms with van der Waals surface area (Å²) in [5, 5.41) is 9.14. The molecule has 0 aromatic heterocycles. The molecule has 23 heavy (non-hydrogen) atoms. The maximum absolute atomic E-state index is 12.6. The third-order valence-electron chi connectivity index (χ3n) is 3.85. The van der Waals surface area contributed by atoms with E-state index in [1.54, 1.807) is 23.1 Å². The SMILES string of the molecule is CCOc1ccc(C(=O)N2CCC[C@@H](C(=O)O)C2)cc1OCC. The van der Waals surface area contributed by atoms with E-state index >= 15 is 0 Å². The van der Waals surface area contributed by atoms with E-state index in [1.165, 1.54) is 0 Å². The van der Waals surface area contributed by atoms with E-state index in [-0.39, 0.29) is 12.5 Å². The first-order valence-corrected chi connectivity index (χ1v) is 7.98. The molecule has 2 rings (SSSR count). The molecule has 1 fully saturated rings. The van der Waals surface area contributed by atoms with Crippen molar-refractivity contribution in [3.63, 3.8) is 0 Å². The zero-order valence-electron chi connectivity index (χ0n) is 13.6. The van der Waals surface area contributed by atoms with Gasteiger partial charge in [0.1, 0.15) is 0 Å². The number of rotatable bonds is 6. The second-order valence-electron chi connectivity index (χ2n) is 5.46. The van der Waals surface area contributed by atoms with Gasteiger partial charge in [-0.3, -0.25) is 9.59 Å². The number of carboxylic acid groups (broad SMARTS) is 1. The molecule has 0 bridgehead atoms. The van der Waals surface area contributed by atoms with Gasteiger partial charge in [-0.25, -0.2) is 0 Å². The predicted octanol–water partition coefficient (Wildman–Crippen LogP) is 2.42. The Morgan fingerprint density at radius 3 is 2.57 bits per heavy atom. The van der Waals surface area contributed by atoms with Crippen LogP contribution in [-0.2, 0) is 4.79 Å². The predicted molar refractivity (Wildman–Crippen MR) is 85.0 cm³/mol. The molecule has 1 atom stereocenters. The number of carbonyl (C=O) groups excluding carboxylic acids is 1. The van der Waals surface area contributed by atoms with E-state index in [0.29, 0.717) is 49.7 Å². The Labute approximate surface area is 136 Å². The number of likely N-dealkylation sites (tertiary alicyclic amines) is 1. The molecule has 0 saturated carbocycles. The maximum atomic E-state index is 12.6. The zero-order chi connectivity index (χ0) is 16.8. The summed E-state index contributed by atoms with van der Waals surface area (Å²) in [7, 11) is 0. The standard InChI is InChI=1S/C17H23NO5/c1-3-22-14-8-7-12(10-15(14)23-4-2)16(19)18-9-5-6-13(11-18)17(20)21/h7-8,10,13H,3-6,9,11H2,1-2H3,(H,20,21)/t13-/m1/s1. The molecule has 0 spiro atoms. The first kappa shape index (κ1) is 17.1. The molecule has 6 heteroatoms. The van der Waals surface area contributed by atoms with Crippen LogP contribution in [0.3, 0.4) is 0 Å². The average Bonchev–Trinajstić information content (AvgIpc) is 2.56. The summed E-state index contributed by atoms with van der Waals surface area (Å²) in [5.74, 6) is -0.356. The topological polar surface area (TPSA) is 76.1 Å². The molecule has 126 valence electrons. The minimum absolute atomic E-state index is 0.167. The summed E-state index contributed by atoms with van der Waals surface area (Å²) < 4.78 is 11.0. The highest BCUT2D eigenvalue weighted by molar-refractivity contribution is 5.95. The van der Waals surface area contributed by atoms with E-state index in [0.717, 1.165) is 0 Å². The van der Waals surface area contributed by atoms with Gasteiger partial charge in [0.25, 0.3) is 5.91 Å². The molecule has 1 aliphatic rings. The molecule has 1 amide bonds. The summed E-state index contributed by atoms with van der Waals surface area (Å²) >= 11 is 0. The smallest absolute Gasteiger partial charge is 0.308 e. The van der Waals surface area contributed by atoms with Crippen molar-refractivity contribution < 1.29 is 24.2 Å². The fourth-order valence-electron chi connectivity index (χ4n) is 2.73. The van der Waals surface area contributed by atoms with E-state index < -0.39 is 11.9 Å². The fourth-order valence-corrected chi connectivity index (χ4v) is 2.73. The average molecular weight is 321 g/mol. The first-order valence-electron chi connectivity index (χ1n) is 7.98. The van der Waals surface area contributed by atoms with E-state index in [2.05, 4.69) is 0 Å². The largest absolute Gasteiger partial charge is 0.490 e. The highest BCUT2D eigenvalue weighted by Crippen LogP contribution is 2.29. The summed E-state index contributed by atoms with van der Waals surface area (Å²) in [5.41, 5.74) is 0.489. The third-order valence-corrected chi connectivity index (χ3v) is 3.85. The first-order chi connectivity index (χ1) is 11.1. The van der Waals surface area contributed by atoms with Gasteiger partial charge in [-0.1, -0.05) is 0 Å². The summed E-state index contributed by atoms with van der Waals surface area (Å²) in [6.45, 7) is 5.58. The molecule has 1 aliphatic heterocycles. The van der Waals surface area contributed by atoms with E-state index in [4.69, 9.17) is 14.6 Å². The molecule has 0 aliphatic carbocycles. The molecule has 1 N–H and O–H groups in total. The van der Waals surface area contributed by atoms with Crippen LogP contribution in [0.25, 0.3) is 0 Å². The molecule has 0 unspecified atom stereocenters. The number of aliphatic carboxylic acids is 1. The number of benzene rings is 1. The van der Waals surface area contributed by atoms with E-state index in [1.807, 2.05) is 13.8 Å². The minimum atomic E-state index is -0.843. The van der Waals surface area contributed by atoms with Gasteiger partial charge >= 0.3 is 5.97 Å². The lowest BCUT2D eigenvalue weighted by molar-refractivity contribution is -0.143. The van der Waals surface area contributed by atoms with Gasteiger partial charge < -0.3 is 19.5 Å². The number of carboxylic acids is 1. The van der Waals surface area contributed by atoms with Gasteiger partial charge in [-0.05, 0) is 44.9 Å². The Balaban J connectivity index is 2.18. The van der Waals surface area contributed by atoms with Crippen molar-refractivity contribution in [2.24, 2.45) is 5.92 Å². The fraction of sp³-hybridized carbons (Fsp3) is 0.529. The van der Waals surface area contributed by atoms with Crippen LogP contribution in [0.2, 0.25) is 0 Å². The van der Waals surface area contributed by atoms with Crippen LogP contribution in [0.5, 0.6) is 11.5 Å². The number of nitrogens with zero attached hydrogens (tertiary/aromatic N) is 1. The van der Waals surface area contributed by atoms with Crippen molar-refractivity contribution in [1.82, 2.24) is 4.90 Å². The van der Waals surface area contributed by atoms with Gasteiger partial charge in [0.15, 0.2) is 11.5 Å². The Hall–Kier alpha value is -2.24. The number of amides is 1. The van der Waals surface area contributed by atoms with Crippen LogP contribution in [-0.4, -0.2) is 48.2 Å². The summed E-state index contributed by atoms with van der Waals surface area (Å²) in [6, 6.07) is 5.09. The molecule has 6 nitrogen and oxygen atoms in total. The van der Waals surface area contributed by atoms with Crippen molar-refractivity contribution in [1.29, 1.82) is 0 Å². The van der Waals surface area contributed by atoms with Gasteiger partial charge in [0, 0.05) is 18.7 Å². The van der Waals surface area contributed by atoms with Crippen LogP contribution in [0.15, 0.2) is 18.2 Å². The quantitative estimate of drug-likeness (QED) is 0.871. The molecule has 1 saturated heterocycles. The number of hydrogen-bond donors (Lipinski definition) is 1. The van der Waals surface area contributed by atoms with E-state index in [9.17, 15) is 9.59 Å². The van der Waals surface area contributed by atoms with Crippen LogP contribution in [0.1, 0.15) is 37.0 Å². The van der Waals surface area contributed by atoms with Gasteiger partial charge in [0.05, 0.1) is 19.1 Å². The molecule has 1 aromatic rings. The lowest BCUT2D eigenvalue weighted by Gasteiger charge is -2.30. The molecule has 1 aromatic carbocycles. The van der Waals surface area contributed by atoms with Crippen molar-refractivity contribution in [3.05, 3.63) is 23.8 Å². The number of ether oxygens (including phenoxy) is 2. The molecular weight excluding hydrogens is 298 g/mol. The van der Waals surface area contributed by atoms with Crippen LogP contribution in [0.4, 0.5) is 0 Å². The Morgan fingerprint density at radius 2 is 1.91 bits per heavy atom. The minimum Gasteiger partial charge on any atom is -0.490 e. The monoisotopic (exact) mass is 321 g/mol. The number of hydrogen-bond acceptors (Lipinski definition) is 4. The lowest BCUT2D eigenvalue weighted by atomic mass is 9.97. The second-order valence-corrected chi connectivity index (χ2v) is 5.46. The highest BCUT2D eigenvalue weighted by Gasteiger charge is 2.29. The van der Waals surface area contributed by atoms with Gasteiger partial charge in [-0.15, -0.1) is 0 Å². The highest BCUT2D eigenvalue weighted by atomic mass is 16.5. The van der Waals surface area contributed by atoms with Crippen molar-refractivity contribution >= 4 is 11.9 Å². The second kappa shape index (κ2) is 7.85. The normalized spacial score (nSPS) is 17.7. The molecule has 1 heterocycles. The van der Waals surface area contributed by atoms with Crippen LogP contribution < -0.4 is 9.47 Å². The maximum Gasteiger partial charge on any atom is 0.308 e. The number of carbonyl (C=O) groups is 2. The Bertz CT molecular complexity index is 572.